The number of nitrogens with zero attached hydrogens (tertiary/aromatic N) is 5. The Kier molecular flexibility index (Phi) is 16.9. The topological polar surface area (TPSA) is 106 Å². The number of esters is 1. The number of carbonyl (C=O) groups is 3. The maximum absolute atomic E-state index is 13.7. The molecule has 1 unspecified atom stereocenters. The van der Waals surface area contributed by atoms with Crippen molar-refractivity contribution in [1.29, 1.82) is 0 Å². The molecular formula is C48H65N5O6S. The van der Waals surface area contributed by atoms with Crippen LogP contribution in [-0.2, 0) is 22.4 Å². The fraction of sp³-hybridized carbons (Fsp3) is 0.458. The summed E-state index contributed by atoms with van der Waals surface area (Å²) in [6.45, 7) is 27.5. The molecule has 0 bridgehead atoms. The van der Waals surface area contributed by atoms with E-state index in [4.69, 9.17) is 14.2 Å². The van der Waals surface area contributed by atoms with Crippen molar-refractivity contribution in [2.24, 2.45) is 0 Å². The Hall–Kier alpha value is -5.20. The molecule has 1 amide bonds. The van der Waals surface area contributed by atoms with Crippen LogP contribution in [0, 0.1) is 0 Å². The molecule has 324 valence electrons. The van der Waals surface area contributed by atoms with Gasteiger partial charge in [-0.3, -0.25) is 9.69 Å². The molecule has 12 heteroatoms. The third-order valence-electron chi connectivity index (χ3n) is 9.46. The predicted octanol–water partition coefficient (Wildman–Crippen LogP) is 11.1. The molecule has 1 atom stereocenters. The first-order chi connectivity index (χ1) is 28.7. The van der Waals surface area contributed by atoms with Gasteiger partial charge in [0, 0.05) is 68.6 Å². The number of rotatable bonds is 7. The van der Waals surface area contributed by atoms with Crippen LogP contribution in [-0.4, -0.2) is 87.3 Å². The number of piperazine rings is 1. The quantitative estimate of drug-likeness (QED) is 0.148. The zero-order valence-electron chi connectivity index (χ0n) is 37.7. The van der Waals surface area contributed by atoms with Crippen LogP contribution in [0.5, 0.6) is 11.5 Å². The smallest absolute Gasteiger partial charge is 0.420 e. The van der Waals surface area contributed by atoms with Gasteiger partial charge in [0.15, 0.2) is 0 Å². The minimum Gasteiger partial charge on any atom is -0.456 e. The molecule has 0 spiro atoms. The lowest BCUT2D eigenvalue weighted by molar-refractivity contribution is 0.00666. The van der Waals surface area contributed by atoms with Gasteiger partial charge in [-0.25, -0.2) is 19.1 Å². The Morgan fingerprint density at radius 2 is 1.45 bits per heavy atom. The number of hydrogen-bond acceptors (Lipinski definition) is 10. The van der Waals surface area contributed by atoms with Gasteiger partial charge in [0.05, 0.1) is 11.1 Å². The van der Waals surface area contributed by atoms with E-state index in [1.807, 2.05) is 119 Å². The van der Waals surface area contributed by atoms with E-state index in [-0.39, 0.29) is 11.9 Å². The minimum absolute atomic E-state index is 0.0705. The van der Waals surface area contributed by atoms with Gasteiger partial charge in [0.2, 0.25) is 0 Å². The van der Waals surface area contributed by atoms with E-state index >= 15 is 0 Å². The monoisotopic (exact) mass is 839 g/mol. The van der Waals surface area contributed by atoms with Crippen LogP contribution in [0.2, 0.25) is 0 Å². The van der Waals surface area contributed by atoms with Crippen molar-refractivity contribution in [3.8, 4) is 11.5 Å². The molecule has 1 fully saturated rings. The molecular weight excluding hydrogens is 775 g/mol. The fourth-order valence-electron chi connectivity index (χ4n) is 6.96. The number of hydrogen-bond donors (Lipinski definition) is 0. The summed E-state index contributed by atoms with van der Waals surface area (Å²) in [4.78, 5) is 51.9. The van der Waals surface area contributed by atoms with Gasteiger partial charge in [-0.05, 0) is 94.8 Å². The van der Waals surface area contributed by atoms with E-state index in [0.717, 1.165) is 49.7 Å². The van der Waals surface area contributed by atoms with Crippen molar-refractivity contribution in [1.82, 2.24) is 19.4 Å². The lowest BCUT2D eigenvalue weighted by atomic mass is 9.93. The first-order valence-electron chi connectivity index (χ1n) is 21.3. The highest BCUT2D eigenvalue weighted by Crippen LogP contribution is 2.34. The van der Waals surface area contributed by atoms with E-state index in [1.54, 1.807) is 24.4 Å². The summed E-state index contributed by atoms with van der Waals surface area (Å²) in [6.07, 6.45) is 3.46. The van der Waals surface area contributed by atoms with E-state index < -0.39 is 23.3 Å². The van der Waals surface area contributed by atoms with Gasteiger partial charge in [0.25, 0.3) is 5.91 Å². The number of amides is 1. The van der Waals surface area contributed by atoms with Gasteiger partial charge < -0.3 is 24.0 Å². The van der Waals surface area contributed by atoms with Gasteiger partial charge in [-0.2, -0.15) is 0 Å². The molecule has 3 aromatic heterocycles. The lowest BCUT2D eigenvalue weighted by Crippen LogP contribution is -2.54. The van der Waals surface area contributed by atoms with Gasteiger partial charge in [-0.15, -0.1) is 11.3 Å². The average molecular weight is 840 g/mol. The number of anilines is 1. The van der Waals surface area contributed by atoms with Crippen molar-refractivity contribution in [2.75, 3.05) is 37.6 Å². The summed E-state index contributed by atoms with van der Waals surface area (Å²) in [5, 5.41) is 2.64. The van der Waals surface area contributed by atoms with Crippen molar-refractivity contribution in [3.63, 3.8) is 0 Å². The molecule has 1 saturated heterocycles. The van der Waals surface area contributed by atoms with E-state index in [0.29, 0.717) is 34.6 Å². The minimum atomic E-state index is -0.696. The summed E-state index contributed by atoms with van der Waals surface area (Å²) < 4.78 is 19.0. The normalized spacial score (nSPS) is 15.2. The molecule has 5 heterocycles. The Bertz CT molecular complexity index is 2160. The maximum Gasteiger partial charge on any atom is 0.420 e. The second kappa shape index (κ2) is 21.4. The van der Waals surface area contributed by atoms with E-state index in [1.165, 1.54) is 33.2 Å². The highest BCUT2D eigenvalue weighted by molar-refractivity contribution is 7.12. The van der Waals surface area contributed by atoms with Crippen LogP contribution in [0.3, 0.4) is 0 Å². The standard InChI is InChI=1S/C42H47N5O6S.3C2H6/c1-41(2,3)52-39(49)34-14-13-31(24-35(34)51-33-23-29-15-16-46(37(29)43-25-33)40(50)53-42(4,5)6)45-19-17-44(18-20-45)27-32-22-28-10-7-8-11-30(28)26-47(32)38(48)36-12-9-21-54-36;3*1-2/h7-16,21,23-25,32H,17-20,22,26-27H2,1-6H3;3*1-2H3. The van der Waals surface area contributed by atoms with E-state index in [2.05, 4.69) is 37.9 Å². The van der Waals surface area contributed by atoms with Crippen LogP contribution < -0.4 is 9.64 Å². The summed E-state index contributed by atoms with van der Waals surface area (Å²) >= 11 is 1.49. The van der Waals surface area contributed by atoms with Crippen LogP contribution in [0.4, 0.5) is 10.5 Å². The average Bonchev–Trinajstić information content (AvgIpc) is 3.93. The molecule has 11 nitrogen and oxygen atoms in total. The molecule has 2 aromatic carbocycles. The van der Waals surface area contributed by atoms with Crippen LogP contribution in [0.15, 0.2) is 84.5 Å². The van der Waals surface area contributed by atoms with Crippen LogP contribution >= 0.6 is 11.3 Å². The van der Waals surface area contributed by atoms with Crippen molar-refractivity contribution < 1.29 is 28.6 Å². The summed E-state index contributed by atoms with van der Waals surface area (Å²) in [5.74, 6) is 0.359. The Morgan fingerprint density at radius 1 is 0.783 bits per heavy atom. The number of fused-ring (bicyclic) bond motifs is 2. The van der Waals surface area contributed by atoms with Crippen molar-refractivity contribution in [3.05, 3.63) is 106 Å². The highest BCUT2D eigenvalue weighted by Gasteiger charge is 2.33. The summed E-state index contributed by atoms with van der Waals surface area (Å²) in [7, 11) is 0. The molecule has 2 aliphatic rings. The number of carbonyl (C=O) groups excluding carboxylic acids is 3. The SMILES string of the molecule is CC.CC.CC.CC(C)(C)OC(=O)c1ccc(N2CCN(CC3Cc4ccccc4CN3C(=O)c3cccs3)CC2)cc1Oc1cnc2c(ccn2C(=O)OC(C)(C)C)c1. The number of benzene rings is 2. The molecule has 0 aliphatic carbocycles. The Morgan fingerprint density at radius 3 is 2.08 bits per heavy atom. The van der Waals surface area contributed by atoms with Crippen LogP contribution in [0.25, 0.3) is 11.0 Å². The lowest BCUT2D eigenvalue weighted by Gasteiger charge is -2.42. The molecule has 0 N–H and O–H groups in total. The second-order valence-electron chi connectivity index (χ2n) is 15.9. The molecule has 0 radical (unpaired) electrons. The molecule has 60 heavy (non-hydrogen) atoms. The van der Waals surface area contributed by atoms with Crippen molar-refractivity contribution >= 4 is 46.0 Å². The Balaban J connectivity index is 0.00000127. The maximum atomic E-state index is 13.7. The Labute approximate surface area is 361 Å². The molecule has 5 aromatic rings. The number of aromatic nitrogens is 2. The number of thiophene rings is 1. The zero-order chi connectivity index (χ0) is 44.2. The summed E-state index contributed by atoms with van der Waals surface area (Å²) in [5.41, 5.74) is 2.83. The molecule has 0 saturated carbocycles. The largest absolute Gasteiger partial charge is 0.456 e. The molecule has 2 aliphatic heterocycles. The summed E-state index contributed by atoms with van der Waals surface area (Å²) in [6, 6.07) is 21.5. The van der Waals surface area contributed by atoms with Gasteiger partial charge in [-0.1, -0.05) is 71.9 Å². The fourth-order valence-corrected chi connectivity index (χ4v) is 7.63. The molecule has 7 rings (SSSR count). The van der Waals surface area contributed by atoms with Gasteiger partial charge >= 0.3 is 12.1 Å². The number of ether oxygens (including phenoxy) is 3. The van der Waals surface area contributed by atoms with Gasteiger partial charge in [0.1, 0.15) is 33.9 Å². The highest BCUT2D eigenvalue weighted by atomic mass is 32.1. The first kappa shape index (κ1) is 47.5. The zero-order valence-corrected chi connectivity index (χ0v) is 38.5. The predicted molar refractivity (Wildman–Crippen MR) is 244 cm³/mol. The number of pyridine rings is 1. The second-order valence-corrected chi connectivity index (χ2v) is 16.8. The van der Waals surface area contributed by atoms with Crippen molar-refractivity contribution in [2.45, 2.75) is 113 Å². The van der Waals surface area contributed by atoms with Crippen LogP contribution in [0.1, 0.15) is 114 Å². The first-order valence-corrected chi connectivity index (χ1v) is 22.2. The van der Waals surface area contributed by atoms with E-state index in [9.17, 15) is 14.4 Å². The third-order valence-corrected chi connectivity index (χ3v) is 10.3. The third kappa shape index (κ3) is 12.2.